The highest BCUT2D eigenvalue weighted by Crippen LogP contribution is 2.02. The predicted octanol–water partition coefficient (Wildman–Crippen LogP) is 1.20. The van der Waals surface area contributed by atoms with Crippen molar-refractivity contribution < 1.29 is 9.53 Å². The molecule has 1 atom stereocenters. The van der Waals surface area contributed by atoms with E-state index in [1.54, 1.807) is 5.16 Å². The summed E-state index contributed by atoms with van der Waals surface area (Å²) in [4.78, 5) is 10.7. The highest BCUT2D eigenvalue weighted by Gasteiger charge is 2.14. The lowest BCUT2D eigenvalue weighted by atomic mass is 10.1. The molecule has 0 aliphatic heterocycles. The maximum absolute atomic E-state index is 10.7. The van der Waals surface area contributed by atoms with Gasteiger partial charge in [0.2, 0.25) is 0 Å². The summed E-state index contributed by atoms with van der Waals surface area (Å²) in [5, 5.41) is 7.36. The van der Waals surface area contributed by atoms with Crippen molar-refractivity contribution in [3.63, 3.8) is 0 Å². The second-order valence-corrected chi connectivity index (χ2v) is 3.07. The number of hydrogen-bond donors (Lipinski definition) is 2. The maximum Gasteiger partial charge on any atom is 0.322 e. The molecule has 0 aromatic rings. The molecule has 0 unspecified atom stereocenters. The van der Waals surface area contributed by atoms with Crippen LogP contribution in [0.2, 0.25) is 0 Å². The van der Waals surface area contributed by atoms with E-state index < -0.39 is 6.04 Å². The van der Waals surface area contributed by atoms with Crippen molar-refractivity contribution >= 4 is 23.3 Å². The average molecular weight is 204 g/mol. The first kappa shape index (κ1) is 14.7. The van der Waals surface area contributed by atoms with Crippen LogP contribution in [-0.2, 0) is 9.53 Å². The van der Waals surface area contributed by atoms with E-state index in [1.165, 1.54) is 7.11 Å². The Morgan fingerprint density at radius 1 is 1.69 bits per heavy atom. The van der Waals surface area contributed by atoms with Gasteiger partial charge in [0.1, 0.15) is 6.04 Å². The van der Waals surface area contributed by atoms with Crippen LogP contribution in [0.5, 0.6) is 0 Å². The second kappa shape index (κ2) is 9.32. The lowest BCUT2D eigenvalue weighted by molar-refractivity contribution is -0.142. The summed E-state index contributed by atoms with van der Waals surface area (Å²) in [6.07, 6.45) is 0.687. The minimum absolute atomic E-state index is 0.325. The van der Waals surface area contributed by atoms with Crippen LogP contribution in [-0.4, -0.2) is 24.3 Å². The first-order valence-electron chi connectivity index (χ1n) is 3.86. The van der Waals surface area contributed by atoms with Crippen LogP contribution in [0.3, 0.4) is 0 Å². The summed E-state index contributed by atoms with van der Waals surface area (Å²) in [5.41, 5.74) is 5.45. The lowest BCUT2D eigenvalue weighted by Crippen LogP contribution is -2.32. The number of methoxy groups -OCH3 is 1. The van der Waals surface area contributed by atoms with Gasteiger partial charge in [0.05, 0.1) is 12.3 Å². The molecule has 0 spiro atoms. The number of nitrogens with two attached hydrogens (primary N) is 1. The topological polar surface area (TPSA) is 76.2 Å². The Morgan fingerprint density at radius 3 is 2.31 bits per heavy atom. The van der Waals surface area contributed by atoms with E-state index in [1.807, 2.05) is 13.8 Å². The molecule has 0 amide bonds. The van der Waals surface area contributed by atoms with E-state index in [2.05, 4.69) is 17.0 Å². The molecule has 0 heterocycles. The molecule has 13 heavy (non-hydrogen) atoms. The molecule has 0 saturated heterocycles. The summed E-state index contributed by atoms with van der Waals surface area (Å²) in [6.45, 7) is 4.03. The Kier molecular flexibility index (Phi) is 10.6. The third-order valence-electron chi connectivity index (χ3n) is 1.23. The number of thiocarbonyl (C=S) groups is 1. The van der Waals surface area contributed by atoms with Crippen LogP contribution in [0.1, 0.15) is 20.3 Å². The molecule has 0 aliphatic rings. The van der Waals surface area contributed by atoms with Crippen LogP contribution in [0.15, 0.2) is 0 Å². The van der Waals surface area contributed by atoms with Crippen molar-refractivity contribution in [3.05, 3.63) is 0 Å². The van der Waals surface area contributed by atoms with Gasteiger partial charge in [-0.1, -0.05) is 13.8 Å². The van der Waals surface area contributed by atoms with Crippen molar-refractivity contribution in [3.8, 4) is 0 Å². The van der Waals surface area contributed by atoms with E-state index in [-0.39, 0.29) is 5.97 Å². The molecule has 5 heteroatoms. The summed E-state index contributed by atoms with van der Waals surface area (Å²) < 4.78 is 4.45. The summed E-state index contributed by atoms with van der Waals surface area (Å²) in [6, 6.07) is -0.454. The summed E-state index contributed by atoms with van der Waals surface area (Å²) in [7, 11) is 1.35. The SMILES string of the molecule is COC(=O)[C@@H](N)CC(C)C.N=C=S. The predicted molar refractivity (Wildman–Crippen MR) is 54.8 cm³/mol. The molecule has 3 N–H and O–H groups in total. The number of ether oxygens (including phenoxy) is 1. The molecule has 0 aromatic carbocycles. The normalized spacial score (nSPS) is 10.8. The Balaban J connectivity index is 0. The average Bonchev–Trinajstić information content (AvgIpc) is 2.03. The number of isothiocyanates is 1. The molecule has 76 valence electrons. The fraction of sp³-hybridized carbons (Fsp3) is 0.750. The first-order chi connectivity index (χ1) is 5.99. The van der Waals surface area contributed by atoms with Gasteiger partial charge in [0.25, 0.3) is 0 Å². The molecule has 0 radical (unpaired) electrons. The van der Waals surface area contributed by atoms with Gasteiger partial charge in [-0.05, 0) is 24.6 Å². The van der Waals surface area contributed by atoms with Crippen LogP contribution in [0, 0.1) is 11.3 Å². The van der Waals surface area contributed by atoms with E-state index in [9.17, 15) is 4.79 Å². The van der Waals surface area contributed by atoms with Gasteiger partial charge >= 0.3 is 5.97 Å². The number of hydrogen-bond acceptors (Lipinski definition) is 5. The van der Waals surface area contributed by atoms with Gasteiger partial charge in [-0.15, -0.1) is 0 Å². The van der Waals surface area contributed by atoms with Crippen LogP contribution in [0.25, 0.3) is 0 Å². The molecule has 0 rings (SSSR count). The molecule has 4 nitrogen and oxygen atoms in total. The Labute approximate surface area is 84.0 Å². The number of carbonyl (C=O) groups is 1. The monoisotopic (exact) mass is 204 g/mol. The minimum Gasteiger partial charge on any atom is -0.468 e. The second-order valence-electron chi connectivity index (χ2n) is 2.86. The van der Waals surface area contributed by atoms with Crippen molar-refractivity contribution in [2.24, 2.45) is 11.7 Å². The molecule has 0 saturated carbocycles. The first-order valence-corrected chi connectivity index (χ1v) is 4.27. The Bertz CT molecular complexity index is 177. The smallest absolute Gasteiger partial charge is 0.322 e. The number of esters is 1. The van der Waals surface area contributed by atoms with Gasteiger partial charge in [0.15, 0.2) is 0 Å². The minimum atomic E-state index is -0.454. The Hall–Kier alpha value is -0.770. The molecule has 0 bridgehead atoms. The number of rotatable bonds is 3. The van der Waals surface area contributed by atoms with Gasteiger partial charge < -0.3 is 10.5 Å². The molecular weight excluding hydrogens is 188 g/mol. The molecule has 0 fully saturated rings. The maximum atomic E-state index is 10.7. The van der Waals surface area contributed by atoms with Crippen LogP contribution >= 0.6 is 12.2 Å². The van der Waals surface area contributed by atoms with E-state index in [0.717, 1.165) is 0 Å². The zero-order chi connectivity index (χ0) is 10.9. The van der Waals surface area contributed by atoms with Gasteiger partial charge in [-0.3, -0.25) is 4.79 Å². The molecule has 0 aromatic heterocycles. The lowest BCUT2D eigenvalue weighted by Gasteiger charge is -2.10. The summed E-state index contributed by atoms with van der Waals surface area (Å²) >= 11 is 3.81. The quantitative estimate of drug-likeness (QED) is 0.411. The third-order valence-corrected chi connectivity index (χ3v) is 1.23. The van der Waals surface area contributed by atoms with Crippen LogP contribution in [0.4, 0.5) is 0 Å². The van der Waals surface area contributed by atoms with E-state index in [0.29, 0.717) is 12.3 Å². The van der Waals surface area contributed by atoms with Crippen molar-refractivity contribution in [2.45, 2.75) is 26.3 Å². The van der Waals surface area contributed by atoms with Crippen molar-refractivity contribution in [1.82, 2.24) is 0 Å². The van der Waals surface area contributed by atoms with E-state index >= 15 is 0 Å². The fourth-order valence-corrected chi connectivity index (χ4v) is 0.755. The zero-order valence-electron chi connectivity index (χ0n) is 8.16. The summed E-state index contributed by atoms with van der Waals surface area (Å²) in [5.74, 6) is 0.114. The third kappa shape index (κ3) is 11.2. The van der Waals surface area contributed by atoms with Gasteiger partial charge in [-0.2, -0.15) is 0 Å². The van der Waals surface area contributed by atoms with Crippen molar-refractivity contribution in [2.75, 3.05) is 7.11 Å². The number of carbonyl (C=O) groups excluding carboxylic acids is 1. The van der Waals surface area contributed by atoms with Crippen LogP contribution < -0.4 is 5.73 Å². The van der Waals surface area contributed by atoms with Gasteiger partial charge in [-0.25, -0.2) is 5.41 Å². The standard InChI is InChI=1S/C7H15NO2.CHNS/c1-5(2)4-6(8)7(9)10-3;2-1-3/h5-6H,4,8H2,1-3H3;2H/t6-;/m0./s1. The highest BCUT2D eigenvalue weighted by atomic mass is 32.1. The highest BCUT2D eigenvalue weighted by molar-refractivity contribution is 7.78. The zero-order valence-corrected chi connectivity index (χ0v) is 8.98. The van der Waals surface area contributed by atoms with Crippen molar-refractivity contribution in [1.29, 1.82) is 5.41 Å². The largest absolute Gasteiger partial charge is 0.468 e. The molecular formula is C8H16N2O2S. The fourth-order valence-electron chi connectivity index (χ4n) is 0.755. The Morgan fingerprint density at radius 2 is 2.08 bits per heavy atom. The van der Waals surface area contributed by atoms with Gasteiger partial charge in [0, 0.05) is 0 Å². The van der Waals surface area contributed by atoms with E-state index in [4.69, 9.17) is 11.1 Å². The number of nitrogens with one attached hydrogen (secondary N) is 1. The molecule has 0 aliphatic carbocycles.